The lowest BCUT2D eigenvalue weighted by molar-refractivity contribution is 0.111. The SMILES string of the molecule is CC.CO.Cc1cc(OCCCc2c(C=O)n(CCN(C)c3nn(C)c4cccc(C=O)c34)c3c(-c4c(C)ncnc4C)c(Cl)ccc23)cc(C)c1Cl. The lowest BCUT2D eigenvalue weighted by Gasteiger charge is -2.20. The molecular formula is C41H48Cl2N6O4. The summed E-state index contributed by atoms with van der Waals surface area (Å²) in [4.78, 5) is 36.0. The molecule has 3 heterocycles. The second-order valence-electron chi connectivity index (χ2n) is 12.4. The number of aliphatic hydroxyl groups is 1. The van der Waals surface area contributed by atoms with Gasteiger partial charge in [-0.25, -0.2) is 9.97 Å². The zero-order valence-electron chi connectivity index (χ0n) is 31.9. The van der Waals surface area contributed by atoms with Crippen molar-refractivity contribution in [2.75, 3.05) is 32.2 Å². The van der Waals surface area contributed by atoms with E-state index < -0.39 is 0 Å². The molecule has 0 aliphatic carbocycles. The first kappa shape index (κ1) is 41.0. The topological polar surface area (TPSA) is 115 Å². The highest BCUT2D eigenvalue weighted by Crippen LogP contribution is 2.41. The highest BCUT2D eigenvalue weighted by molar-refractivity contribution is 6.35. The van der Waals surface area contributed by atoms with Gasteiger partial charge in [-0.1, -0.05) is 55.2 Å². The third-order valence-corrected chi connectivity index (χ3v) is 10.1. The fraction of sp³-hybridized carbons (Fsp3) is 0.341. The van der Waals surface area contributed by atoms with Gasteiger partial charge in [0.15, 0.2) is 18.4 Å². The van der Waals surface area contributed by atoms with E-state index in [4.69, 9.17) is 38.1 Å². The quantitative estimate of drug-likeness (QED) is 0.0972. The summed E-state index contributed by atoms with van der Waals surface area (Å²) in [6.07, 6.45) is 4.63. The van der Waals surface area contributed by atoms with Crippen LogP contribution in [0.4, 0.5) is 5.82 Å². The van der Waals surface area contributed by atoms with Crippen molar-refractivity contribution in [3.63, 3.8) is 0 Å². The minimum Gasteiger partial charge on any atom is -0.494 e. The highest BCUT2D eigenvalue weighted by atomic mass is 35.5. The van der Waals surface area contributed by atoms with E-state index in [2.05, 4.69) is 14.5 Å². The van der Waals surface area contributed by atoms with Gasteiger partial charge in [-0.15, -0.1) is 0 Å². The number of aromatic nitrogens is 5. The average molecular weight is 760 g/mol. The maximum Gasteiger partial charge on any atom is 0.166 e. The Hall–Kier alpha value is -4.77. The van der Waals surface area contributed by atoms with Gasteiger partial charge in [0, 0.05) is 72.8 Å². The fourth-order valence-corrected chi connectivity index (χ4v) is 7.16. The summed E-state index contributed by atoms with van der Waals surface area (Å²) in [7, 11) is 4.81. The Labute approximate surface area is 321 Å². The Kier molecular flexibility index (Phi) is 14.2. The zero-order valence-corrected chi connectivity index (χ0v) is 33.4. The van der Waals surface area contributed by atoms with E-state index >= 15 is 0 Å². The third kappa shape index (κ3) is 8.25. The first-order valence-corrected chi connectivity index (χ1v) is 18.3. The van der Waals surface area contributed by atoms with Crippen LogP contribution in [0, 0.1) is 27.7 Å². The van der Waals surface area contributed by atoms with Crippen LogP contribution in [-0.4, -0.2) is 69.3 Å². The van der Waals surface area contributed by atoms with Gasteiger partial charge < -0.3 is 19.3 Å². The first-order valence-electron chi connectivity index (χ1n) is 17.6. The molecule has 53 heavy (non-hydrogen) atoms. The maximum absolute atomic E-state index is 13.0. The second-order valence-corrected chi connectivity index (χ2v) is 13.2. The number of nitrogens with zero attached hydrogens (tertiary/aromatic N) is 6. The van der Waals surface area contributed by atoms with Crippen LogP contribution in [0.15, 0.2) is 48.8 Å². The molecule has 0 aliphatic heterocycles. The van der Waals surface area contributed by atoms with Crippen LogP contribution in [0.3, 0.4) is 0 Å². The van der Waals surface area contributed by atoms with Crippen molar-refractivity contribution in [3.8, 4) is 16.9 Å². The van der Waals surface area contributed by atoms with E-state index in [9.17, 15) is 9.59 Å². The number of anilines is 1. The zero-order chi connectivity index (χ0) is 39.0. The van der Waals surface area contributed by atoms with E-state index in [-0.39, 0.29) is 0 Å². The van der Waals surface area contributed by atoms with Crippen LogP contribution >= 0.6 is 23.2 Å². The van der Waals surface area contributed by atoms with E-state index in [1.807, 2.05) is 96.9 Å². The Morgan fingerprint density at radius 2 is 1.58 bits per heavy atom. The summed E-state index contributed by atoms with van der Waals surface area (Å²) in [5.74, 6) is 1.46. The number of hydrogen-bond acceptors (Lipinski definition) is 8. The average Bonchev–Trinajstić information content (AvgIpc) is 3.67. The molecule has 0 atom stereocenters. The number of fused-ring (bicyclic) bond motifs is 2. The summed E-state index contributed by atoms with van der Waals surface area (Å²) < 4.78 is 9.97. The molecule has 0 radical (unpaired) electrons. The molecule has 0 saturated heterocycles. The summed E-state index contributed by atoms with van der Waals surface area (Å²) in [6, 6.07) is 13.4. The van der Waals surface area contributed by atoms with E-state index in [0.29, 0.717) is 54.6 Å². The Morgan fingerprint density at radius 3 is 2.21 bits per heavy atom. The van der Waals surface area contributed by atoms with Crippen LogP contribution in [0.1, 0.15) is 69.2 Å². The summed E-state index contributed by atoms with van der Waals surface area (Å²) in [5.41, 5.74) is 8.96. The van der Waals surface area contributed by atoms with Crippen LogP contribution in [-0.2, 0) is 20.0 Å². The first-order chi connectivity index (χ1) is 25.5. The standard InChI is InChI=1S/C38H38Cl2N6O3.C2H6.CH4O/c1-22-17-27(18-23(2)36(22)40)49-16-8-10-28-29-12-13-30(39)35(33-24(3)41-21-42-25(33)4)37(29)46(32(28)20-48)15-14-44(5)38-34-26(19-47)9-7-11-31(34)45(6)43-38;2*1-2/h7,9,11-13,17-21H,8,10,14-16H2,1-6H3;1-2H3;2H,1H3. The van der Waals surface area contributed by atoms with Gasteiger partial charge in [0.05, 0.1) is 33.7 Å². The number of aryl methyl sites for hydroxylation is 6. The van der Waals surface area contributed by atoms with Crippen molar-refractivity contribution in [1.82, 2.24) is 24.3 Å². The predicted octanol–water partition coefficient (Wildman–Crippen LogP) is 8.93. The number of ether oxygens (including phenoxy) is 1. The Balaban J connectivity index is 0.00000152. The van der Waals surface area contributed by atoms with Crippen molar-refractivity contribution in [1.29, 1.82) is 0 Å². The van der Waals surface area contributed by atoms with Crippen molar-refractivity contribution in [3.05, 3.63) is 98.2 Å². The van der Waals surface area contributed by atoms with Gasteiger partial charge in [0.25, 0.3) is 0 Å². The van der Waals surface area contributed by atoms with E-state index in [0.717, 1.165) is 91.5 Å². The summed E-state index contributed by atoms with van der Waals surface area (Å²) in [6.45, 7) is 13.2. The number of aliphatic hydroxyl groups excluding tert-OH is 1. The van der Waals surface area contributed by atoms with Gasteiger partial charge in [-0.3, -0.25) is 14.3 Å². The number of benzene rings is 3. The van der Waals surface area contributed by atoms with Crippen molar-refractivity contribution >= 4 is 63.4 Å². The van der Waals surface area contributed by atoms with Crippen LogP contribution < -0.4 is 9.64 Å². The molecule has 10 nitrogen and oxygen atoms in total. The number of hydrogen-bond donors (Lipinski definition) is 1. The molecule has 0 fully saturated rings. The molecule has 280 valence electrons. The van der Waals surface area contributed by atoms with Crippen molar-refractivity contribution < 1.29 is 19.4 Å². The number of halogens is 2. The van der Waals surface area contributed by atoms with Crippen molar-refractivity contribution in [2.24, 2.45) is 7.05 Å². The van der Waals surface area contributed by atoms with Gasteiger partial charge in [0.2, 0.25) is 0 Å². The van der Waals surface area contributed by atoms with E-state index in [1.54, 1.807) is 17.1 Å². The molecule has 0 bridgehead atoms. The van der Waals surface area contributed by atoms with E-state index in [1.165, 1.54) is 0 Å². The van der Waals surface area contributed by atoms with Crippen LogP contribution in [0.2, 0.25) is 10.0 Å². The molecule has 3 aromatic carbocycles. The number of carbonyl (C=O) groups excluding carboxylic acids is 2. The molecule has 3 aromatic heterocycles. The normalized spacial score (nSPS) is 10.8. The highest BCUT2D eigenvalue weighted by Gasteiger charge is 2.25. The molecule has 6 rings (SSSR count). The minimum atomic E-state index is 0.446. The Bertz CT molecular complexity index is 2200. The maximum atomic E-state index is 13.0. The predicted molar refractivity (Wildman–Crippen MR) is 216 cm³/mol. The fourth-order valence-electron chi connectivity index (χ4n) is 6.80. The van der Waals surface area contributed by atoms with Gasteiger partial charge in [-0.05, 0) is 81.5 Å². The van der Waals surface area contributed by atoms with Crippen LogP contribution in [0.5, 0.6) is 5.75 Å². The second kappa shape index (κ2) is 18.3. The molecule has 1 N–H and O–H groups in total. The number of rotatable bonds is 12. The van der Waals surface area contributed by atoms with Crippen LogP contribution in [0.25, 0.3) is 32.9 Å². The molecule has 0 spiro atoms. The molecule has 0 aliphatic rings. The smallest absolute Gasteiger partial charge is 0.166 e. The summed E-state index contributed by atoms with van der Waals surface area (Å²) in [5, 5.41) is 14.8. The van der Waals surface area contributed by atoms with Gasteiger partial charge in [-0.2, -0.15) is 5.10 Å². The summed E-state index contributed by atoms with van der Waals surface area (Å²) >= 11 is 13.4. The van der Waals surface area contributed by atoms with Crippen molar-refractivity contribution in [2.45, 2.75) is 60.9 Å². The monoisotopic (exact) mass is 758 g/mol. The molecule has 0 saturated carbocycles. The molecule has 0 unspecified atom stereocenters. The number of aldehydes is 2. The lowest BCUT2D eigenvalue weighted by Crippen LogP contribution is -2.24. The molecule has 6 aromatic rings. The van der Waals surface area contributed by atoms with Gasteiger partial charge >= 0.3 is 0 Å². The molecule has 12 heteroatoms. The third-order valence-electron chi connectivity index (χ3n) is 9.20. The lowest BCUT2D eigenvalue weighted by atomic mass is 9.98. The Morgan fingerprint density at radius 1 is 0.925 bits per heavy atom. The molecule has 0 amide bonds. The molecular weight excluding hydrogens is 711 g/mol. The number of carbonyl (C=O) groups is 2. The van der Waals surface area contributed by atoms with Gasteiger partial charge in [0.1, 0.15) is 12.1 Å². The number of likely N-dealkylation sites (N-methyl/N-ethyl adjacent to an activating group) is 1. The largest absolute Gasteiger partial charge is 0.494 e. The minimum absolute atomic E-state index is 0.446.